The fraction of sp³-hybridized carbons (Fsp3) is 0.625. The lowest BCUT2D eigenvalue weighted by Crippen LogP contribution is -2.36. The summed E-state index contributed by atoms with van der Waals surface area (Å²) in [5.74, 6) is 1.02. The van der Waals surface area contributed by atoms with Gasteiger partial charge in [-0.1, -0.05) is 13.8 Å². The number of fused-ring (bicyclic) bond motifs is 1. The molecule has 2 rings (SSSR count). The molecular weight excluding hydrogens is 262 g/mol. The van der Waals surface area contributed by atoms with E-state index in [1.165, 1.54) is 0 Å². The van der Waals surface area contributed by atoms with Crippen LogP contribution in [0.2, 0.25) is 0 Å². The predicted molar refractivity (Wildman–Crippen MR) is 88.1 cm³/mol. The third kappa shape index (κ3) is 3.18. The van der Waals surface area contributed by atoms with Crippen LogP contribution in [0.1, 0.15) is 37.2 Å². The third-order valence-corrected chi connectivity index (χ3v) is 4.30. The van der Waals surface area contributed by atoms with E-state index in [2.05, 4.69) is 54.2 Å². The highest BCUT2D eigenvalue weighted by molar-refractivity contribution is 5.55. The summed E-state index contributed by atoms with van der Waals surface area (Å²) >= 11 is 0. The van der Waals surface area contributed by atoms with Crippen molar-refractivity contribution in [2.45, 2.75) is 47.1 Å². The van der Waals surface area contributed by atoms with Gasteiger partial charge < -0.3 is 10.2 Å². The van der Waals surface area contributed by atoms with Crippen molar-refractivity contribution in [3.8, 4) is 0 Å². The molecule has 2 aromatic rings. The topological polar surface area (TPSA) is 45.5 Å². The fourth-order valence-electron chi connectivity index (χ4n) is 2.57. The van der Waals surface area contributed by atoms with E-state index in [4.69, 9.17) is 0 Å². The molecule has 5 heteroatoms. The summed E-state index contributed by atoms with van der Waals surface area (Å²) in [6.07, 6.45) is 1.13. The fourth-order valence-corrected chi connectivity index (χ4v) is 2.57. The molecule has 2 heterocycles. The highest BCUT2D eigenvalue weighted by Gasteiger charge is 2.14. The van der Waals surface area contributed by atoms with Crippen LogP contribution >= 0.6 is 0 Å². The van der Waals surface area contributed by atoms with E-state index in [0.29, 0.717) is 6.04 Å². The van der Waals surface area contributed by atoms with Gasteiger partial charge in [0.05, 0.1) is 5.69 Å². The quantitative estimate of drug-likeness (QED) is 0.888. The summed E-state index contributed by atoms with van der Waals surface area (Å²) in [4.78, 5) is 6.98. The number of aromatic nitrogens is 3. The largest absolute Gasteiger partial charge is 0.368 e. The van der Waals surface area contributed by atoms with Crippen LogP contribution in [0.25, 0.3) is 5.65 Å². The van der Waals surface area contributed by atoms with Gasteiger partial charge >= 0.3 is 0 Å². The number of nitrogens with zero attached hydrogens (tertiary/aromatic N) is 4. The average molecular weight is 289 g/mol. The molecule has 0 aliphatic rings. The van der Waals surface area contributed by atoms with Gasteiger partial charge in [0.15, 0.2) is 5.65 Å². The van der Waals surface area contributed by atoms with Crippen molar-refractivity contribution < 1.29 is 0 Å². The molecule has 0 spiro atoms. The molecule has 0 saturated carbocycles. The Morgan fingerprint density at radius 2 is 2.00 bits per heavy atom. The van der Waals surface area contributed by atoms with Crippen LogP contribution in [0.4, 0.5) is 5.82 Å². The van der Waals surface area contributed by atoms with Crippen molar-refractivity contribution in [3.63, 3.8) is 0 Å². The lowest BCUT2D eigenvalue weighted by atomic mass is 10.2. The zero-order valence-electron chi connectivity index (χ0n) is 14.1. The minimum absolute atomic E-state index is 0.524. The van der Waals surface area contributed by atoms with E-state index >= 15 is 0 Å². The molecule has 0 bridgehead atoms. The van der Waals surface area contributed by atoms with Gasteiger partial charge in [0.25, 0.3) is 0 Å². The van der Waals surface area contributed by atoms with Crippen LogP contribution in [0.3, 0.4) is 0 Å². The Hall–Kier alpha value is -1.62. The van der Waals surface area contributed by atoms with Gasteiger partial charge in [0, 0.05) is 29.9 Å². The summed E-state index contributed by atoms with van der Waals surface area (Å²) in [6.45, 7) is 12.5. The number of hydrogen-bond acceptors (Lipinski definition) is 4. The molecule has 0 amide bonds. The molecule has 116 valence electrons. The first-order chi connectivity index (χ1) is 9.97. The zero-order valence-corrected chi connectivity index (χ0v) is 14.1. The molecule has 0 radical (unpaired) electrons. The molecule has 2 aromatic heterocycles. The Morgan fingerprint density at radius 1 is 1.29 bits per heavy atom. The van der Waals surface area contributed by atoms with Crippen LogP contribution in [0.5, 0.6) is 0 Å². The van der Waals surface area contributed by atoms with E-state index in [1.807, 2.05) is 18.4 Å². The van der Waals surface area contributed by atoms with E-state index in [-0.39, 0.29) is 0 Å². The Morgan fingerprint density at radius 3 is 2.62 bits per heavy atom. The Balaban J connectivity index is 2.28. The molecule has 1 atom stereocenters. The first kappa shape index (κ1) is 15.8. The standard InChI is InChI=1S/C16H27N5/c1-7-14(20(6)8-2)10-17-15-9-11(3)18-16-12(4)13(5)19-21(15)16/h9,14,17H,7-8,10H2,1-6H3/t14-/m0/s1. The number of hydrogen-bond donors (Lipinski definition) is 1. The number of aryl methyl sites for hydroxylation is 3. The minimum atomic E-state index is 0.524. The van der Waals surface area contributed by atoms with Crippen LogP contribution in [0, 0.1) is 20.8 Å². The van der Waals surface area contributed by atoms with Crippen molar-refractivity contribution >= 4 is 11.5 Å². The highest BCUT2D eigenvalue weighted by atomic mass is 15.3. The maximum atomic E-state index is 4.61. The van der Waals surface area contributed by atoms with E-state index in [9.17, 15) is 0 Å². The second kappa shape index (κ2) is 6.43. The molecule has 5 nitrogen and oxygen atoms in total. The number of nitrogens with one attached hydrogen (secondary N) is 1. The Kier molecular flexibility index (Phi) is 4.83. The first-order valence-electron chi connectivity index (χ1n) is 7.75. The molecule has 1 N–H and O–H groups in total. The summed E-state index contributed by atoms with van der Waals surface area (Å²) < 4.78 is 1.93. The van der Waals surface area contributed by atoms with Gasteiger partial charge in [0.1, 0.15) is 5.82 Å². The SMILES string of the molecule is CC[C@@H](CNc1cc(C)nc2c(C)c(C)nn12)N(C)CC. The van der Waals surface area contributed by atoms with Gasteiger partial charge in [-0.2, -0.15) is 9.61 Å². The molecule has 21 heavy (non-hydrogen) atoms. The maximum Gasteiger partial charge on any atom is 0.160 e. The van der Waals surface area contributed by atoms with Crippen LogP contribution in [0.15, 0.2) is 6.07 Å². The van der Waals surface area contributed by atoms with Crippen LogP contribution in [-0.4, -0.2) is 45.7 Å². The van der Waals surface area contributed by atoms with Crippen LogP contribution < -0.4 is 5.32 Å². The van der Waals surface area contributed by atoms with Crippen molar-refractivity contribution in [1.29, 1.82) is 0 Å². The minimum Gasteiger partial charge on any atom is -0.368 e. The molecule has 0 aliphatic carbocycles. The van der Waals surface area contributed by atoms with Crippen molar-refractivity contribution in [3.05, 3.63) is 23.0 Å². The predicted octanol–water partition coefficient (Wildman–Crippen LogP) is 2.80. The second-order valence-electron chi connectivity index (χ2n) is 5.74. The monoisotopic (exact) mass is 289 g/mol. The third-order valence-electron chi connectivity index (χ3n) is 4.30. The number of anilines is 1. The van der Waals surface area contributed by atoms with E-state index in [1.54, 1.807) is 0 Å². The molecule has 0 fully saturated rings. The van der Waals surface area contributed by atoms with Crippen LogP contribution in [-0.2, 0) is 0 Å². The smallest absolute Gasteiger partial charge is 0.160 e. The number of likely N-dealkylation sites (N-methyl/N-ethyl adjacent to an activating group) is 1. The summed E-state index contributed by atoms with van der Waals surface area (Å²) in [7, 11) is 2.17. The molecule has 0 saturated heterocycles. The van der Waals surface area contributed by atoms with Gasteiger partial charge in [-0.3, -0.25) is 0 Å². The summed E-state index contributed by atoms with van der Waals surface area (Å²) in [5, 5.41) is 8.15. The molecule has 0 unspecified atom stereocenters. The Labute approximate surface area is 127 Å². The van der Waals surface area contributed by atoms with Gasteiger partial charge in [-0.05, 0) is 40.8 Å². The highest BCUT2D eigenvalue weighted by Crippen LogP contribution is 2.18. The van der Waals surface area contributed by atoms with Gasteiger partial charge in [-0.15, -0.1) is 0 Å². The zero-order chi connectivity index (χ0) is 15.6. The van der Waals surface area contributed by atoms with Gasteiger partial charge in [-0.25, -0.2) is 4.98 Å². The van der Waals surface area contributed by atoms with E-state index < -0.39 is 0 Å². The average Bonchev–Trinajstić information content (AvgIpc) is 2.75. The molecular formula is C16H27N5. The van der Waals surface area contributed by atoms with Gasteiger partial charge in [0.2, 0.25) is 0 Å². The Bertz CT molecular complexity index is 617. The first-order valence-corrected chi connectivity index (χ1v) is 7.75. The molecule has 0 aromatic carbocycles. The van der Waals surface area contributed by atoms with Crippen molar-refractivity contribution in [1.82, 2.24) is 19.5 Å². The summed E-state index contributed by atoms with van der Waals surface area (Å²) in [6, 6.07) is 2.59. The second-order valence-corrected chi connectivity index (χ2v) is 5.74. The summed E-state index contributed by atoms with van der Waals surface area (Å²) in [5.41, 5.74) is 4.16. The van der Waals surface area contributed by atoms with Crippen molar-refractivity contribution in [2.24, 2.45) is 0 Å². The lowest BCUT2D eigenvalue weighted by molar-refractivity contribution is 0.257. The lowest BCUT2D eigenvalue weighted by Gasteiger charge is -2.26. The number of rotatable bonds is 6. The normalized spacial score (nSPS) is 13.1. The maximum absolute atomic E-state index is 4.61. The molecule has 0 aliphatic heterocycles. The van der Waals surface area contributed by atoms with Crippen molar-refractivity contribution in [2.75, 3.05) is 25.5 Å². The van der Waals surface area contributed by atoms with E-state index in [0.717, 1.165) is 47.9 Å².